The molecule has 0 saturated heterocycles. The van der Waals surface area contributed by atoms with E-state index in [2.05, 4.69) is 31.3 Å². The first-order valence-electron chi connectivity index (χ1n) is 11.6. The van der Waals surface area contributed by atoms with Crippen molar-refractivity contribution in [1.82, 2.24) is 0 Å². The molecule has 0 fully saturated rings. The minimum atomic E-state index is -4.58. The van der Waals surface area contributed by atoms with E-state index in [1.54, 1.807) is 24.3 Å². The Kier molecular flexibility index (Phi) is 7.25. The molecule has 0 bridgehead atoms. The molecule has 0 aliphatic carbocycles. The maximum absolute atomic E-state index is 13.4. The Morgan fingerprint density at radius 3 is 1.89 bits per heavy atom. The second-order valence-corrected chi connectivity index (χ2v) is 9.01. The Bertz CT molecular complexity index is 1360. The van der Waals surface area contributed by atoms with Gasteiger partial charge < -0.3 is 14.8 Å². The summed E-state index contributed by atoms with van der Waals surface area (Å²) in [5, 5.41) is 2.55. The third-order valence-corrected chi connectivity index (χ3v) is 6.21. The Balaban J connectivity index is 1.60. The molecule has 0 aliphatic rings. The van der Waals surface area contributed by atoms with Gasteiger partial charge in [0.05, 0.1) is 18.4 Å². The number of ether oxygens (including phenoxy) is 2. The van der Waals surface area contributed by atoms with Gasteiger partial charge in [0.2, 0.25) is 0 Å². The summed E-state index contributed by atoms with van der Waals surface area (Å²) >= 11 is 0. The van der Waals surface area contributed by atoms with Crippen LogP contribution in [0, 0.1) is 0 Å². The van der Waals surface area contributed by atoms with Gasteiger partial charge in [-0.1, -0.05) is 56.3 Å². The molecule has 37 heavy (non-hydrogen) atoms. The van der Waals surface area contributed by atoms with E-state index in [9.17, 15) is 18.0 Å². The van der Waals surface area contributed by atoms with E-state index >= 15 is 0 Å². The van der Waals surface area contributed by atoms with Crippen LogP contribution in [0.4, 0.5) is 18.9 Å². The third-order valence-electron chi connectivity index (χ3n) is 6.21. The van der Waals surface area contributed by atoms with Gasteiger partial charge in [0, 0.05) is 11.0 Å². The van der Waals surface area contributed by atoms with Gasteiger partial charge in [-0.15, -0.1) is 0 Å². The van der Waals surface area contributed by atoms with Crippen LogP contribution >= 0.6 is 0 Å². The van der Waals surface area contributed by atoms with Crippen LogP contribution in [0.5, 0.6) is 17.2 Å². The summed E-state index contributed by atoms with van der Waals surface area (Å²) in [7, 11) is 1.50. The predicted octanol–water partition coefficient (Wildman–Crippen LogP) is 8.08. The lowest BCUT2D eigenvalue weighted by Gasteiger charge is -2.26. The van der Waals surface area contributed by atoms with Gasteiger partial charge in [-0.05, 0) is 65.7 Å². The monoisotopic (exact) mass is 505 g/mol. The zero-order chi connectivity index (χ0) is 26.6. The van der Waals surface area contributed by atoms with Crippen molar-refractivity contribution in [3.05, 3.63) is 119 Å². The number of benzene rings is 4. The summed E-state index contributed by atoms with van der Waals surface area (Å²) in [6.45, 7) is 4.22. The van der Waals surface area contributed by atoms with Crippen LogP contribution in [0.15, 0.2) is 97.1 Å². The lowest BCUT2D eigenvalue weighted by atomic mass is 9.78. The number of hydrogen-bond donors (Lipinski definition) is 1. The standard InChI is InChI=1S/C30H26F3NO3/c1-29(2,21-7-5-4-6-8-21)22-11-16-25(17-12-22)37-27-18-13-23(30(31,32)33)19-26(27)34-28(35)20-9-14-24(36-3)15-10-20/h4-19H,1-3H3,(H,34,35). The molecule has 4 aromatic rings. The second-order valence-electron chi connectivity index (χ2n) is 9.01. The quantitative estimate of drug-likeness (QED) is 0.276. The molecule has 0 radical (unpaired) electrons. The molecule has 4 aromatic carbocycles. The molecule has 1 amide bonds. The minimum Gasteiger partial charge on any atom is -0.497 e. The van der Waals surface area contributed by atoms with Gasteiger partial charge in [-0.2, -0.15) is 13.2 Å². The smallest absolute Gasteiger partial charge is 0.416 e. The molecule has 7 heteroatoms. The highest BCUT2D eigenvalue weighted by atomic mass is 19.4. The maximum atomic E-state index is 13.4. The van der Waals surface area contributed by atoms with Crippen molar-refractivity contribution >= 4 is 11.6 Å². The van der Waals surface area contributed by atoms with Gasteiger partial charge >= 0.3 is 6.18 Å². The third kappa shape index (κ3) is 5.94. The van der Waals surface area contributed by atoms with Crippen molar-refractivity contribution in [3.8, 4) is 17.2 Å². The van der Waals surface area contributed by atoms with Gasteiger partial charge in [-0.3, -0.25) is 4.79 Å². The number of carbonyl (C=O) groups is 1. The Morgan fingerprint density at radius 1 is 0.730 bits per heavy atom. The molecule has 0 atom stereocenters. The average Bonchev–Trinajstić information content (AvgIpc) is 2.90. The van der Waals surface area contributed by atoms with Gasteiger partial charge in [0.15, 0.2) is 5.75 Å². The van der Waals surface area contributed by atoms with Crippen LogP contribution in [0.3, 0.4) is 0 Å². The molecular weight excluding hydrogens is 479 g/mol. The van der Waals surface area contributed by atoms with Crippen LogP contribution < -0.4 is 14.8 Å². The van der Waals surface area contributed by atoms with E-state index in [1.165, 1.54) is 25.3 Å². The highest BCUT2D eigenvalue weighted by Gasteiger charge is 2.31. The second kappa shape index (κ2) is 10.4. The van der Waals surface area contributed by atoms with Gasteiger partial charge in [-0.25, -0.2) is 0 Å². The summed E-state index contributed by atoms with van der Waals surface area (Å²) in [5.41, 5.74) is 1.21. The van der Waals surface area contributed by atoms with Crippen molar-refractivity contribution < 1.29 is 27.4 Å². The number of halogens is 3. The van der Waals surface area contributed by atoms with Crippen molar-refractivity contribution in [1.29, 1.82) is 0 Å². The van der Waals surface area contributed by atoms with Gasteiger partial charge in [0.25, 0.3) is 5.91 Å². The summed E-state index contributed by atoms with van der Waals surface area (Å²) in [5.74, 6) is 0.488. The molecule has 190 valence electrons. The zero-order valence-electron chi connectivity index (χ0n) is 20.6. The molecule has 4 nitrogen and oxygen atoms in total. The Hall–Kier alpha value is -4.26. The Morgan fingerprint density at radius 2 is 1.30 bits per heavy atom. The largest absolute Gasteiger partial charge is 0.497 e. The van der Waals surface area contributed by atoms with E-state index in [0.29, 0.717) is 11.5 Å². The van der Waals surface area contributed by atoms with Gasteiger partial charge in [0.1, 0.15) is 11.5 Å². The minimum absolute atomic E-state index is 0.0879. The van der Waals surface area contributed by atoms with E-state index in [1.807, 2.05) is 30.3 Å². The molecule has 0 saturated carbocycles. The first-order chi connectivity index (χ1) is 17.6. The van der Waals surface area contributed by atoms with Crippen molar-refractivity contribution in [2.45, 2.75) is 25.4 Å². The lowest BCUT2D eigenvalue weighted by Crippen LogP contribution is -2.18. The van der Waals surface area contributed by atoms with Crippen LogP contribution in [-0.4, -0.2) is 13.0 Å². The molecule has 1 N–H and O–H groups in total. The van der Waals surface area contributed by atoms with Crippen LogP contribution in [0.2, 0.25) is 0 Å². The fraction of sp³-hybridized carbons (Fsp3) is 0.167. The highest BCUT2D eigenvalue weighted by Crippen LogP contribution is 2.38. The first kappa shape index (κ1) is 25.8. The van der Waals surface area contributed by atoms with E-state index < -0.39 is 17.6 Å². The average molecular weight is 506 g/mol. The molecule has 4 rings (SSSR count). The topological polar surface area (TPSA) is 47.6 Å². The highest BCUT2D eigenvalue weighted by molar-refractivity contribution is 6.05. The number of nitrogens with one attached hydrogen (secondary N) is 1. The predicted molar refractivity (Wildman–Crippen MR) is 137 cm³/mol. The fourth-order valence-corrected chi connectivity index (χ4v) is 3.92. The van der Waals surface area contributed by atoms with Crippen LogP contribution in [0.1, 0.15) is 40.9 Å². The molecular formula is C30H26F3NO3. The van der Waals surface area contributed by atoms with Crippen LogP contribution in [-0.2, 0) is 11.6 Å². The Labute approximate surface area is 213 Å². The SMILES string of the molecule is COc1ccc(C(=O)Nc2cc(C(F)(F)F)ccc2Oc2ccc(C(C)(C)c3ccccc3)cc2)cc1. The van der Waals surface area contributed by atoms with Crippen LogP contribution in [0.25, 0.3) is 0 Å². The van der Waals surface area contributed by atoms with Crippen molar-refractivity contribution in [2.75, 3.05) is 12.4 Å². The summed E-state index contributed by atoms with van der Waals surface area (Å²) in [6.07, 6.45) is -4.58. The molecule has 0 aliphatic heterocycles. The molecule has 0 spiro atoms. The number of carbonyl (C=O) groups excluding carboxylic acids is 1. The number of rotatable bonds is 7. The van der Waals surface area contributed by atoms with Crippen molar-refractivity contribution in [3.63, 3.8) is 0 Å². The summed E-state index contributed by atoms with van der Waals surface area (Å²) in [6, 6.07) is 26.6. The zero-order valence-corrected chi connectivity index (χ0v) is 20.6. The normalized spacial score (nSPS) is 11.6. The number of methoxy groups -OCH3 is 1. The lowest BCUT2D eigenvalue weighted by molar-refractivity contribution is -0.137. The number of anilines is 1. The maximum Gasteiger partial charge on any atom is 0.416 e. The van der Waals surface area contributed by atoms with E-state index in [0.717, 1.165) is 23.3 Å². The molecule has 0 unspecified atom stereocenters. The van der Waals surface area contributed by atoms with E-state index in [-0.39, 0.29) is 22.4 Å². The number of amides is 1. The summed E-state index contributed by atoms with van der Waals surface area (Å²) in [4.78, 5) is 12.8. The summed E-state index contributed by atoms with van der Waals surface area (Å²) < 4.78 is 51.2. The number of alkyl halides is 3. The fourth-order valence-electron chi connectivity index (χ4n) is 3.92. The first-order valence-corrected chi connectivity index (χ1v) is 11.6. The molecule has 0 aromatic heterocycles. The number of hydrogen-bond acceptors (Lipinski definition) is 3. The molecule has 0 heterocycles. The van der Waals surface area contributed by atoms with Crippen molar-refractivity contribution in [2.24, 2.45) is 0 Å². The van der Waals surface area contributed by atoms with E-state index in [4.69, 9.17) is 9.47 Å².